The first kappa shape index (κ1) is 11.8. The molecule has 18 heavy (non-hydrogen) atoms. The number of nitrogens with two attached hydrogens (primary N) is 1. The maximum absolute atomic E-state index is 5.66. The van der Waals surface area contributed by atoms with Crippen molar-refractivity contribution in [1.29, 1.82) is 0 Å². The maximum atomic E-state index is 5.66. The van der Waals surface area contributed by atoms with Gasteiger partial charge in [-0.05, 0) is 24.5 Å². The molecule has 0 bridgehead atoms. The minimum atomic E-state index is 0.210. The van der Waals surface area contributed by atoms with Crippen LogP contribution in [-0.4, -0.2) is 11.6 Å². The lowest BCUT2D eigenvalue weighted by molar-refractivity contribution is 0.112. The highest BCUT2D eigenvalue weighted by atomic mass is 32.1. The monoisotopic (exact) mass is 260 g/mol. The predicted octanol–water partition coefficient (Wildman–Crippen LogP) is 3.12. The second-order valence-corrected chi connectivity index (χ2v) is 5.37. The van der Waals surface area contributed by atoms with Gasteiger partial charge in [0.05, 0.1) is 5.69 Å². The Morgan fingerprint density at radius 1 is 1.44 bits per heavy atom. The van der Waals surface area contributed by atoms with Gasteiger partial charge in [-0.1, -0.05) is 18.2 Å². The van der Waals surface area contributed by atoms with Crippen LogP contribution in [0.3, 0.4) is 0 Å². The van der Waals surface area contributed by atoms with Gasteiger partial charge in [-0.25, -0.2) is 4.98 Å². The Morgan fingerprint density at radius 3 is 3.17 bits per heavy atom. The molecule has 2 heterocycles. The summed E-state index contributed by atoms with van der Waals surface area (Å²) in [6.07, 6.45) is 2.44. The van der Waals surface area contributed by atoms with Crippen molar-refractivity contribution in [2.45, 2.75) is 25.5 Å². The van der Waals surface area contributed by atoms with Crippen molar-refractivity contribution in [1.82, 2.24) is 4.98 Å². The summed E-state index contributed by atoms with van der Waals surface area (Å²) in [5.74, 6) is 0. The molecule has 1 fully saturated rings. The molecular formula is C14H16N2OS. The van der Waals surface area contributed by atoms with Crippen molar-refractivity contribution in [2.75, 3.05) is 6.61 Å². The van der Waals surface area contributed by atoms with Crippen molar-refractivity contribution in [3.8, 4) is 11.3 Å². The van der Waals surface area contributed by atoms with Crippen LogP contribution in [0.4, 0.5) is 0 Å². The number of thiazole rings is 1. The fourth-order valence-electron chi connectivity index (χ4n) is 2.20. The zero-order valence-electron chi connectivity index (χ0n) is 10.1. The van der Waals surface area contributed by atoms with Crippen LogP contribution in [0.15, 0.2) is 29.6 Å². The van der Waals surface area contributed by atoms with Gasteiger partial charge in [-0.2, -0.15) is 0 Å². The van der Waals surface area contributed by atoms with Gasteiger partial charge in [-0.3, -0.25) is 0 Å². The number of rotatable bonds is 3. The van der Waals surface area contributed by atoms with Crippen molar-refractivity contribution in [3.05, 3.63) is 40.2 Å². The van der Waals surface area contributed by atoms with Gasteiger partial charge >= 0.3 is 0 Å². The molecule has 0 spiro atoms. The molecule has 4 heteroatoms. The van der Waals surface area contributed by atoms with Crippen molar-refractivity contribution < 1.29 is 4.74 Å². The van der Waals surface area contributed by atoms with E-state index in [1.807, 2.05) is 12.1 Å². The Labute approximate surface area is 111 Å². The predicted molar refractivity (Wildman–Crippen MR) is 73.4 cm³/mol. The summed E-state index contributed by atoms with van der Waals surface area (Å²) in [7, 11) is 0. The smallest absolute Gasteiger partial charge is 0.122 e. The van der Waals surface area contributed by atoms with Crippen molar-refractivity contribution >= 4 is 11.3 Å². The first-order valence-corrected chi connectivity index (χ1v) is 7.11. The quantitative estimate of drug-likeness (QED) is 0.922. The Bertz CT molecular complexity index is 532. The molecule has 1 aromatic heterocycles. The first-order chi connectivity index (χ1) is 8.86. The molecule has 94 valence electrons. The lowest BCUT2D eigenvalue weighted by Gasteiger charge is -2.04. The van der Waals surface area contributed by atoms with E-state index in [9.17, 15) is 0 Å². The second kappa shape index (κ2) is 5.18. The molecule has 1 aliphatic heterocycles. The SMILES string of the molecule is NCc1cccc(-c2csc(C3CCCO3)n2)c1. The molecule has 1 atom stereocenters. The zero-order chi connectivity index (χ0) is 12.4. The summed E-state index contributed by atoms with van der Waals surface area (Å²) in [4.78, 5) is 4.69. The van der Waals surface area contributed by atoms with Gasteiger partial charge in [-0.15, -0.1) is 11.3 Å². The van der Waals surface area contributed by atoms with E-state index in [2.05, 4.69) is 17.5 Å². The van der Waals surface area contributed by atoms with E-state index in [1.165, 1.54) is 0 Å². The van der Waals surface area contributed by atoms with Crippen LogP contribution in [0.2, 0.25) is 0 Å². The number of ether oxygens (including phenoxy) is 1. The Hall–Kier alpha value is -1.23. The third-order valence-corrected chi connectivity index (χ3v) is 4.12. The van der Waals surface area contributed by atoms with Crippen LogP contribution in [0.5, 0.6) is 0 Å². The number of hydrogen-bond donors (Lipinski definition) is 1. The molecular weight excluding hydrogens is 244 g/mol. The molecule has 0 amide bonds. The third kappa shape index (κ3) is 2.32. The number of hydrogen-bond acceptors (Lipinski definition) is 4. The van der Waals surface area contributed by atoms with E-state index in [4.69, 9.17) is 15.5 Å². The Kier molecular flexibility index (Phi) is 3.41. The molecule has 3 rings (SSSR count). The number of benzene rings is 1. The minimum Gasteiger partial charge on any atom is -0.371 e. The second-order valence-electron chi connectivity index (χ2n) is 4.48. The largest absolute Gasteiger partial charge is 0.371 e. The molecule has 0 saturated carbocycles. The Morgan fingerprint density at radius 2 is 2.39 bits per heavy atom. The van der Waals surface area contributed by atoms with Crippen LogP contribution < -0.4 is 5.73 Å². The van der Waals surface area contributed by atoms with Crippen molar-refractivity contribution in [3.63, 3.8) is 0 Å². The molecule has 1 aliphatic rings. The topological polar surface area (TPSA) is 48.1 Å². The van der Waals surface area contributed by atoms with Crippen LogP contribution in [-0.2, 0) is 11.3 Å². The third-order valence-electron chi connectivity index (χ3n) is 3.19. The lowest BCUT2D eigenvalue weighted by atomic mass is 10.1. The Balaban J connectivity index is 1.87. The van der Waals surface area contributed by atoms with Gasteiger partial charge in [0.25, 0.3) is 0 Å². The van der Waals surface area contributed by atoms with Crippen LogP contribution in [0.25, 0.3) is 11.3 Å². The summed E-state index contributed by atoms with van der Waals surface area (Å²) in [5, 5.41) is 3.20. The van der Waals surface area contributed by atoms with E-state index in [-0.39, 0.29) is 6.10 Å². The molecule has 3 nitrogen and oxygen atoms in total. The molecule has 1 saturated heterocycles. The van der Waals surface area contributed by atoms with Gasteiger partial charge < -0.3 is 10.5 Å². The highest BCUT2D eigenvalue weighted by Crippen LogP contribution is 2.33. The van der Waals surface area contributed by atoms with Gasteiger partial charge in [0.1, 0.15) is 11.1 Å². The zero-order valence-corrected chi connectivity index (χ0v) is 11.0. The van der Waals surface area contributed by atoms with Crippen molar-refractivity contribution in [2.24, 2.45) is 5.73 Å². The lowest BCUT2D eigenvalue weighted by Crippen LogP contribution is -1.96. The van der Waals surface area contributed by atoms with E-state index < -0.39 is 0 Å². The van der Waals surface area contributed by atoms with Gasteiger partial charge in [0.15, 0.2) is 0 Å². The molecule has 1 aromatic carbocycles. The maximum Gasteiger partial charge on any atom is 0.122 e. The molecule has 2 aromatic rings. The average Bonchev–Trinajstić information content (AvgIpc) is 3.09. The first-order valence-electron chi connectivity index (χ1n) is 6.23. The van der Waals surface area contributed by atoms with Gasteiger partial charge in [0, 0.05) is 24.1 Å². The minimum absolute atomic E-state index is 0.210. The fourth-order valence-corrected chi connectivity index (χ4v) is 3.11. The average molecular weight is 260 g/mol. The summed E-state index contributed by atoms with van der Waals surface area (Å²) >= 11 is 1.69. The van der Waals surface area contributed by atoms with E-state index in [1.54, 1.807) is 11.3 Å². The number of nitrogens with zero attached hydrogens (tertiary/aromatic N) is 1. The highest BCUT2D eigenvalue weighted by Gasteiger charge is 2.21. The summed E-state index contributed by atoms with van der Waals surface area (Å²) < 4.78 is 5.66. The van der Waals surface area contributed by atoms with Crippen LogP contribution >= 0.6 is 11.3 Å². The molecule has 0 radical (unpaired) electrons. The number of aromatic nitrogens is 1. The molecule has 1 unspecified atom stereocenters. The normalized spacial score (nSPS) is 19.3. The van der Waals surface area contributed by atoms with E-state index >= 15 is 0 Å². The van der Waals surface area contributed by atoms with E-state index in [0.717, 1.165) is 41.3 Å². The standard InChI is InChI=1S/C14H16N2OS/c15-8-10-3-1-4-11(7-10)12-9-18-14(16-12)13-5-2-6-17-13/h1,3-4,7,9,13H,2,5-6,8,15H2. The fraction of sp³-hybridized carbons (Fsp3) is 0.357. The van der Waals surface area contributed by atoms with Crippen LogP contribution in [0.1, 0.15) is 29.5 Å². The van der Waals surface area contributed by atoms with Crippen LogP contribution in [0, 0.1) is 0 Å². The molecule has 0 aliphatic carbocycles. The summed E-state index contributed by atoms with van der Waals surface area (Å²) in [5.41, 5.74) is 8.97. The summed E-state index contributed by atoms with van der Waals surface area (Å²) in [6, 6.07) is 8.25. The summed E-state index contributed by atoms with van der Waals surface area (Å²) in [6.45, 7) is 1.43. The van der Waals surface area contributed by atoms with E-state index in [0.29, 0.717) is 6.54 Å². The van der Waals surface area contributed by atoms with Gasteiger partial charge in [0.2, 0.25) is 0 Å². The molecule has 2 N–H and O–H groups in total. The highest BCUT2D eigenvalue weighted by molar-refractivity contribution is 7.10.